The van der Waals surface area contributed by atoms with Crippen molar-refractivity contribution in [3.8, 4) is 0 Å². The SMILES string of the molecule is COC(=O)C(C)CNCC1(C)CCCO1. The van der Waals surface area contributed by atoms with Gasteiger partial charge in [-0.2, -0.15) is 0 Å². The van der Waals surface area contributed by atoms with Gasteiger partial charge in [-0.1, -0.05) is 6.92 Å². The Morgan fingerprint density at radius 2 is 2.40 bits per heavy atom. The van der Waals surface area contributed by atoms with E-state index in [-0.39, 0.29) is 17.5 Å². The third-order valence-electron chi connectivity index (χ3n) is 2.85. The fraction of sp³-hybridized carbons (Fsp3) is 0.909. The number of methoxy groups -OCH3 is 1. The van der Waals surface area contributed by atoms with Crippen LogP contribution in [-0.4, -0.2) is 38.4 Å². The number of nitrogens with one attached hydrogen (secondary N) is 1. The molecule has 0 spiro atoms. The minimum Gasteiger partial charge on any atom is -0.469 e. The summed E-state index contributed by atoms with van der Waals surface area (Å²) in [6.07, 6.45) is 2.22. The molecule has 0 aromatic heterocycles. The lowest BCUT2D eigenvalue weighted by atomic mass is 10.0. The molecule has 0 saturated carbocycles. The molecule has 0 aliphatic carbocycles. The van der Waals surface area contributed by atoms with Crippen LogP contribution in [0.15, 0.2) is 0 Å². The molecule has 0 aromatic rings. The number of carbonyl (C=O) groups is 1. The van der Waals surface area contributed by atoms with Crippen molar-refractivity contribution in [3.05, 3.63) is 0 Å². The Bertz CT molecular complexity index is 212. The monoisotopic (exact) mass is 215 g/mol. The topological polar surface area (TPSA) is 47.6 Å². The van der Waals surface area contributed by atoms with E-state index in [1.807, 2.05) is 6.92 Å². The van der Waals surface area contributed by atoms with Gasteiger partial charge >= 0.3 is 5.97 Å². The van der Waals surface area contributed by atoms with Crippen molar-refractivity contribution in [3.63, 3.8) is 0 Å². The molecule has 1 aliphatic heterocycles. The first-order valence-electron chi connectivity index (χ1n) is 5.50. The smallest absolute Gasteiger partial charge is 0.309 e. The van der Waals surface area contributed by atoms with Crippen LogP contribution in [0.3, 0.4) is 0 Å². The van der Waals surface area contributed by atoms with Crippen molar-refractivity contribution >= 4 is 5.97 Å². The molecule has 2 unspecified atom stereocenters. The number of hydrogen-bond donors (Lipinski definition) is 1. The highest BCUT2D eigenvalue weighted by Gasteiger charge is 2.29. The van der Waals surface area contributed by atoms with E-state index in [2.05, 4.69) is 17.0 Å². The zero-order valence-corrected chi connectivity index (χ0v) is 9.84. The third-order valence-corrected chi connectivity index (χ3v) is 2.85. The summed E-state index contributed by atoms with van der Waals surface area (Å²) < 4.78 is 10.3. The second kappa shape index (κ2) is 5.47. The van der Waals surface area contributed by atoms with Crippen LogP contribution in [0, 0.1) is 5.92 Å². The minimum atomic E-state index is -0.167. The average molecular weight is 215 g/mol. The molecule has 88 valence electrons. The van der Waals surface area contributed by atoms with Crippen LogP contribution in [0.1, 0.15) is 26.7 Å². The highest BCUT2D eigenvalue weighted by Crippen LogP contribution is 2.23. The van der Waals surface area contributed by atoms with Gasteiger partial charge in [0.2, 0.25) is 0 Å². The first kappa shape index (κ1) is 12.5. The summed E-state index contributed by atoms with van der Waals surface area (Å²) in [5.74, 6) is -0.264. The lowest BCUT2D eigenvalue weighted by Crippen LogP contribution is -2.40. The van der Waals surface area contributed by atoms with Crippen LogP contribution in [0.2, 0.25) is 0 Å². The Balaban J connectivity index is 2.18. The van der Waals surface area contributed by atoms with E-state index < -0.39 is 0 Å². The molecule has 0 amide bonds. The molecule has 0 aromatic carbocycles. The van der Waals surface area contributed by atoms with Crippen LogP contribution in [0.25, 0.3) is 0 Å². The molecule has 1 N–H and O–H groups in total. The van der Waals surface area contributed by atoms with Crippen molar-refractivity contribution in [1.29, 1.82) is 0 Å². The van der Waals surface area contributed by atoms with Crippen LogP contribution >= 0.6 is 0 Å². The highest BCUT2D eigenvalue weighted by molar-refractivity contribution is 5.71. The van der Waals surface area contributed by atoms with Gasteiger partial charge in [0.1, 0.15) is 0 Å². The van der Waals surface area contributed by atoms with Gasteiger partial charge in [0.25, 0.3) is 0 Å². The molecular weight excluding hydrogens is 194 g/mol. The average Bonchev–Trinajstić information content (AvgIpc) is 2.64. The second-order valence-corrected chi connectivity index (χ2v) is 4.46. The van der Waals surface area contributed by atoms with Crippen LogP contribution in [-0.2, 0) is 14.3 Å². The van der Waals surface area contributed by atoms with Gasteiger partial charge in [0.05, 0.1) is 18.6 Å². The number of ether oxygens (including phenoxy) is 2. The summed E-state index contributed by atoms with van der Waals surface area (Å²) in [4.78, 5) is 11.1. The third kappa shape index (κ3) is 3.80. The zero-order valence-electron chi connectivity index (χ0n) is 9.84. The zero-order chi connectivity index (χ0) is 11.3. The molecule has 1 aliphatic rings. The predicted octanol–water partition coefficient (Wildman–Crippen LogP) is 0.954. The van der Waals surface area contributed by atoms with Gasteiger partial charge < -0.3 is 14.8 Å². The molecule has 1 rings (SSSR count). The first-order chi connectivity index (χ1) is 7.07. The van der Waals surface area contributed by atoms with E-state index in [9.17, 15) is 4.79 Å². The van der Waals surface area contributed by atoms with Gasteiger partial charge in [0.15, 0.2) is 0 Å². The molecule has 15 heavy (non-hydrogen) atoms. The molecule has 4 heteroatoms. The highest BCUT2D eigenvalue weighted by atomic mass is 16.5. The Morgan fingerprint density at radius 1 is 1.67 bits per heavy atom. The molecular formula is C11H21NO3. The summed E-state index contributed by atoms with van der Waals surface area (Å²) in [6.45, 7) is 6.26. The van der Waals surface area contributed by atoms with Gasteiger partial charge in [-0.05, 0) is 19.8 Å². The maximum absolute atomic E-state index is 11.1. The maximum atomic E-state index is 11.1. The van der Waals surface area contributed by atoms with Crippen molar-refractivity contribution in [2.45, 2.75) is 32.3 Å². The normalized spacial score (nSPS) is 27.7. The van der Waals surface area contributed by atoms with Gasteiger partial charge in [-0.25, -0.2) is 0 Å². The maximum Gasteiger partial charge on any atom is 0.309 e. The van der Waals surface area contributed by atoms with Crippen molar-refractivity contribution in [2.75, 3.05) is 26.8 Å². The fourth-order valence-corrected chi connectivity index (χ4v) is 1.81. The lowest BCUT2D eigenvalue weighted by Gasteiger charge is -2.24. The summed E-state index contributed by atoms with van der Waals surface area (Å²) >= 11 is 0. The predicted molar refractivity (Wildman–Crippen MR) is 57.6 cm³/mol. The Labute approximate surface area is 91.3 Å². The lowest BCUT2D eigenvalue weighted by molar-refractivity contribution is -0.144. The first-order valence-corrected chi connectivity index (χ1v) is 5.50. The Hall–Kier alpha value is -0.610. The second-order valence-electron chi connectivity index (χ2n) is 4.46. The van der Waals surface area contributed by atoms with Crippen LogP contribution < -0.4 is 5.32 Å². The van der Waals surface area contributed by atoms with E-state index in [1.54, 1.807) is 0 Å². The Morgan fingerprint density at radius 3 is 2.93 bits per heavy atom. The fourth-order valence-electron chi connectivity index (χ4n) is 1.81. The molecule has 0 radical (unpaired) electrons. The Kier molecular flexibility index (Phi) is 4.54. The van der Waals surface area contributed by atoms with Gasteiger partial charge in [0, 0.05) is 19.7 Å². The van der Waals surface area contributed by atoms with E-state index >= 15 is 0 Å². The van der Waals surface area contributed by atoms with E-state index in [0.717, 1.165) is 26.0 Å². The van der Waals surface area contributed by atoms with Crippen molar-refractivity contribution in [1.82, 2.24) is 5.32 Å². The molecule has 1 saturated heterocycles. The number of hydrogen-bond acceptors (Lipinski definition) is 4. The van der Waals surface area contributed by atoms with Gasteiger partial charge in [-0.15, -0.1) is 0 Å². The summed E-state index contributed by atoms with van der Waals surface area (Å²) in [6, 6.07) is 0. The molecule has 1 heterocycles. The minimum absolute atomic E-state index is 0.0458. The van der Waals surface area contributed by atoms with Gasteiger partial charge in [-0.3, -0.25) is 4.79 Å². The van der Waals surface area contributed by atoms with E-state index in [4.69, 9.17) is 4.74 Å². The van der Waals surface area contributed by atoms with Crippen LogP contribution in [0.5, 0.6) is 0 Å². The van der Waals surface area contributed by atoms with E-state index in [0.29, 0.717) is 6.54 Å². The molecule has 4 nitrogen and oxygen atoms in total. The molecule has 2 atom stereocenters. The van der Waals surface area contributed by atoms with E-state index in [1.165, 1.54) is 7.11 Å². The van der Waals surface area contributed by atoms with Crippen molar-refractivity contribution in [2.24, 2.45) is 5.92 Å². The summed E-state index contributed by atoms with van der Waals surface area (Å²) in [5, 5.41) is 3.26. The standard InChI is InChI=1S/C11H21NO3/c1-9(10(13)14-3)7-12-8-11(2)5-4-6-15-11/h9,12H,4-8H2,1-3H3. The number of carbonyl (C=O) groups excluding carboxylic acids is 1. The van der Waals surface area contributed by atoms with Crippen LogP contribution in [0.4, 0.5) is 0 Å². The quantitative estimate of drug-likeness (QED) is 0.694. The largest absolute Gasteiger partial charge is 0.469 e. The summed E-state index contributed by atoms with van der Waals surface area (Å²) in [5.41, 5.74) is -0.0458. The number of rotatable bonds is 5. The number of esters is 1. The molecule has 1 fully saturated rings. The molecule has 0 bridgehead atoms. The summed E-state index contributed by atoms with van der Waals surface area (Å²) in [7, 11) is 1.42. The van der Waals surface area contributed by atoms with Crippen molar-refractivity contribution < 1.29 is 14.3 Å².